The number of guanidine groups is 1. The van der Waals surface area contributed by atoms with E-state index in [-0.39, 0.29) is 61.2 Å². The van der Waals surface area contributed by atoms with Crippen LogP contribution in [0.15, 0.2) is 47.6 Å². The number of fused-ring (bicyclic) bond motifs is 10. The Bertz CT molecular complexity index is 3210. The molecule has 2 aromatic rings. The number of aromatic nitrogens is 4. The molecule has 7 saturated carbocycles. The van der Waals surface area contributed by atoms with E-state index < -0.39 is 147 Å². The molecule has 14 rings (SSSR count). The zero-order chi connectivity index (χ0) is 66.3. The van der Waals surface area contributed by atoms with Crippen molar-refractivity contribution in [2.24, 2.45) is 119 Å². The number of nitrogens with zero attached hydrogens (tertiary/aromatic N) is 3. The summed E-state index contributed by atoms with van der Waals surface area (Å²) in [4.78, 5) is 51.3. The minimum atomic E-state index is -1.72. The minimum Gasteiger partial charge on any atom is -0.481 e. The van der Waals surface area contributed by atoms with Crippen LogP contribution in [0.25, 0.3) is 0 Å². The number of carbonyl (C=O) groups is 2. The molecule has 0 radical (unpaired) electrons. The Morgan fingerprint density at radius 3 is 2.37 bits per heavy atom. The average Bonchev–Trinajstić information content (AvgIpc) is 0.677. The lowest BCUT2D eigenvalue weighted by Crippen LogP contribution is -2.79. The number of aromatic amines is 2. The molecule has 0 aromatic carbocycles. The molecular formula is C70H107N11O13. The number of aliphatic hydroxyl groups excluding tert-OH is 8. The van der Waals surface area contributed by atoms with E-state index in [4.69, 9.17) is 25.9 Å². The normalized spacial score (nSPS) is 46.4. The third-order valence-corrected chi connectivity index (χ3v) is 29.2. The molecule has 1 spiro atoms. The highest BCUT2D eigenvalue weighted by molar-refractivity contribution is 5.87. The molecule has 19 N–H and O–H groups in total. The minimum absolute atomic E-state index is 0.0486. The van der Waals surface area contributed by atoms with Crippen molar-refractivity contribution < 1.29 is 65.0 Å². The zero-order valence-corrected chi connectivity index (χ0v) is 55.3. The van der Waals surface area contributed by atoms with Gasteiger partial charge in [0, 0.05) is 74.9 Å². The predicted molar refractivity (Wildman–Crippen MR) is 346 cm³/mol. The quantitative estimate of drug-likeness (QED) is 0.0287. The Balaban J connectivity index is 1.03. The van der Waals surface area contributed by atoms with E-state index in [0.717, 1.165) is 75.7 Å². The van der Waals surface area contributed by atoms with Gasteiger partial charge in [-0.05, 0) is 146 Å². The second-order valence-corrected chi connectivity index (χ2v) is 32.5. The molecule has 1 amide bonds. The van der Waals surface area contributed by atoms with E-state index in [0.29, 0.717) is 76.7 Å². The number of hydrogen-bond donors (Lipinski definition) is 17. The Hall–Kier alpha value is -4.57. The lowest BCUT2D eigenvalue weighted by Gasteiger charge is -2.80. The fraction of sp³-hybridized carbons (Fsp3) is 0.814. The second kappa shape index (κ2) is 24.4. The van der Waals surface area contributed by atoms with Gasteiger partial charge in [-0.3, -0.25) is 14.6 Å². The zero-order valence-electron chi connectivity index (χ0n) is 55.3. The molecule has 24 nitrogen and oxygen atoms in total. The number of nitrogens with one attached hydrogen (secondary N) is 6. The van der Waals surface area contributed by atoms with E-state index in [1.54, 1.807) is 25.9 Å². The maximum absolute atomic E-state index is 16.0. The molecular weight excluding hydrogens is 1200 g/mol. The third-order valence-electron chi connectivity index (χ3n) is 29.2. The van der Waals surface area contributed by atoms with Gasteiger partial charge in [0.05, 0.1) is 72.2 Å². The largest absolute Gasteiger partial charge is 0.481 e. The van der Waals surface area contributed by atoms with E-state index in [1.807, 2.05) is 13.0 Å². The summed E-state index contributed by atoms with van der Waals surface area (Å²) >= 11 is 0. The van der Waals surface area contributed by atoms with Gasteiger partial charge in [0.15, 0.2) is 12.2 Å². The molecule has 2 saturated heterocycles. The SMILES string of the molecule is CN=C(N)NCCNC[C@H]([C@@H](N)O)[C@H](O)[C@@]1(c2cnc[nH]2)C=C[C@H]([C@H]2[C@@H](O)[C@@H](O[C@@H]3OC[C@@H](O)[C@H](O)[C@H]3O)[C@@](C)(CO)[C@H]3CC[C@]45CCC[C@H](C=C6[C@@H]7C[C@@](C)(CO)CC[C@]7(C(=O)O)[C@H]7CNc8nc[nH]c8C[C@@H]7[C@]64C)[C@@H]5[C@@]23C2CCCCC2)[C@@H]2[C@@H]1NC(=O)C21CCCC1. The first-order valence-electron chi connectivity index (χ1n) is 35.7. The number of ether oxygens (including phenoxy) is 2. The number of aliphatic carboxylic acids is 1. The predicted octanol–water partition coefficient (Wildman–Crippen LogP) is 2.53. The number of H-pyrrole nitrogens is 2. The Morgan fingerprint density at radius 1 is 0.894 bits per heavy atom. The van der Waals surface area contributed by atoms with Gasteiger partial charge >= 0.3 is 5.97 Å². The Morgan fingerprint density at radius 2 is 1.67 bits per heavy atom. The van der Waals surface area contributed by atoms with Crippen LogP contribution in [0.1, 0.15) is 141 Å². The first kappa shape index (κ1) is 66.7. The van der Waals surface area contributed by atoms with E-state index in [1.165, 1.54) is 5.57 Å². The van der Waals surface area contributed by atoms with E-state index in [2.05, 4.69) is 67.2 Å². The number of anilines is 1. The fourth-order valence-corrected chi connectivity index (χ4v) is 25.2. The fourth-order valence-electron chi connectivity index (χ4n) is 25.2. The summed E-state index contributed by atoms with van der Waals surface area (Å²) in [6.07, 6.45) is 12.8. The number of aliphatic imine (C=N–C) groups is 1. The number of carboxylic acid groups (broad SMARTS) is 1. The standard InChI is InChI=1S/C70H107N11O13/c1-63(32-82)21-22-68(61(91)92)42(27-63)40-25-36-11-10-18-67(65(40,3)41-26-44-58(80-35-78-44)77-29-43(41)68)19-15-46-64(2,33-83)56(94-59-52(87)50(85)45(84)31-93-59)51(86)48(70(46,53(36)67)37-12-6-5-7-13-37)38-14-20-69(47-30-75-34-79-47,54-49(38)66(60(90)81-54)16-8-9-17-66)55(88)39(57(71)89)28-74-23-24-76-62(72)73-4/h14,20,25,30,34-39,41-43,45-46,48-57,59,74,77,82-89H,5-13,15-19,21-24,26-29,31-33,71H2,1-4H3,(H,75,79)(H,78,80)(H,81,90)(H,91,92)(H3,72,73,76)/t36-,38-,39+,41+,42+,43+,45-,46-,48+,49-,50+,51-,52-,53+,54+,55+,56-,57+,59+,63+,64+,65+,67+,68-,69-,70-/m1/s1. The van der Waals surface area contributed by atoms with Gasteiger partial charge in [-0.25, -0.2) is 9.97 Å². The average molecular weight is 1310 g/mol. The first-order chi connectivity index (χ1) is 45.0. The Kier molecular flexibility index (Phi) is 17.3. The summed E-state index contributed by atoms with van der Waals surface area (Å²) in [5, 5.41) is 125. The lowest BCUT2D eigenvalue weighted by atomic mass is 9.24. The van der Waals surface area contributed by atoms with Crippen molar-refractivity contribution in [1.82, 2.24) is 35.9 Å². The van der Waals surface area contributed by atoms with Crippen molar-refractivity contribution in [3.8, 4) is 0 Å². The molecule has 94 heavy (non-hydrogen) atoms. The number of imidazole rings is 2. The van der Waals surface area contributed by atoms with Crippen LogP contribution in [-0.4, -0.2) is 192 Å². The van der Waals surface area contributed by atoms with Crippen LogP contribution in [0.2, 0.25) is 0 Å². The topological polar surface area (TPSA) is 405 Å². The summed E-state index contributed by atoms with van der Waals surface area (Å²) < 4.78 is 13.3. The number of rotatable bonds is 16. The first-order valence-corrected chi connectivity index (χ1v) is 35.7. The highest BCUT2D eigenvalue weighted by atomic mass is 16.7. The molecule has 2 bridgehead atoms. The van der Waals surface area contributed by atoms with Gasteiger partial charge in [0.25, 0.3) is 0 Å². The van der Waals surface area contributed by atoms with Crippen molar-refractivity contribution in [3.05, 3.63) is 54.0 Å². The summed E-state index contributed by atoms with van der Waals surface area (Å²) in [5.74, 6) is -4.75. The number of carboxylic acids is 1. The van der Waals surface area contributed by atoms with Crippen molar-refractivity contribution in [2.75, 3.05) is 58.4 Å². The number of aliphatic hydroxyl groups is 8. The van der Waals surface area contributed by atoms with Crippen LogP contribution >= 0.6 is 0 Å². The molecule has 5 heterocycles. The molecule has 2 aromatic heterocycles. The smallest absolute Gasteiger partial charge is 0.310 e. The van der Waals surface area contributed by atoms with Crippen LogP contribution < -0.4 is 32.7 Å². The van der Waals surface area contributed by atoms with E-state index >= 15 is 9.90 Å². The maximum atomic E-state index is 16.0. The van der Waals surface area contributed by atoms with Gasteiger partial charge in [-0.1, -0.05) is 83.1 Å². The van der Waals surface area contributed by atoms with Crippen LogP contribution in [-0.2, 0) is 30.9 Å². The van der Waals surface area contributed by atoms with Crippen LogP contribution in [0.3, 0.4) is 0 Å². The van der Waals surface area contributed by atoms with Crippen molar-refractivity contribution >= 4 is 23.7 Å². The summed E-state index contributed by atoms with van der Waals surface area (Å²) in [7, 11) is 1.59. The van der Waals surface area contributed by atoms with Crippen molar-refractivity contribution in [2.45, 2.75) is 197 Å². The van der Waals surface area contributed by atoms with Gasteiger partial charge in [-0.15, -0.1) is 0 Å². The van der Waals surface area contributed by atoms with E-state index in [9.17, 15) is 45.6 Å². The summed E-state index contributed by atoms with van der Waals surface area (Å²) in [6, 6.07) is -0.878. The van der Waals surface area contributed by atoms with Gasteiger partial charge in [0.2, 0.25) is 5.91 Å². The lowest BCUT2D eigenvalue weighted by molar-refractivity contribution is -0.362. The molecule has 9 fully saturated rings. The second-order valence-electron chi connectivity index (χ2n) is 32.5. The number of allylic oxidation sites excluding steroid dienone is 3. The molecule has 3 aliphatic heterocycles. The molecule has 9 aliphatic carbocycles. The van der Waals surface area contributed by atoms with Crippen LogP contribution in [0.5, 0.6) is 0 Å². The number of carbonyl (C=O) groups excluding carboxylic acids is 1. The van der Waals surface area contributed by atoms with Crippen molar-refractivity contribution in [1.29, 1.82) is 0 Å². The third kappa shape index (κ3) is 9.27. The van der Waals surface area contributed by atoms with Crippen molar-refractivity contribution in [3.63, 3.8) is 0 Å². The van der Waals surface area contributed by atoms with Gasteiger partial charge < -0.3 is 98.1 Å². The molecule has 24 heteroatoms. The van der Waals surface area contributed by atoms with Crippen LogP contribution in [0.4, 0.5) is 5.82 Å². The van der Waals surface area contributed by atoms with Crippen LogP contribution in [0, 0.1) is 103 Å². The molecule has 0 unspecified atom stereocenters. The monoisotopic (exact) mass is 1310 g/mol. The molecule has 520 valence electrons. The summed E-state index contributed by atoms with van der Waals surface area (Å²) in [5.41, 5.74) is 7.67. The Labute approximate surface area is 551 Å². The molecule has 12 aliphatic rings. The molecule has 26 atom stereocenters. The highest BCUT2D eigenvalue weighted by Gasteiger charge is 2.82. The summed E-state index contributed by atoms with van der Waals surface area (Å²) in [6.45, 7) is 7.05. The number of amides is 1. The number of hydrogen-bond acceptors (Lipinski definition) is 18. The highest BCUT2D eigenvalue weighted by Crippen LogP contribution is 2.85. The number of nitrogens with two attached hydrogens (primary N) is 2. The maximum Gasteiger partial charge on any atom is 0.310 e. The van der Waals surface area contributed by atoms with Gasteiger partial charge in [-0.2, -0.15) is 0 Å². The van der Waals surface area contributed by atoms with Gasteiger partial charge in [0.1, 0.15) is 30.4 Å².